The molecule has 6 nitrogen and oxygen atoms in total. The molecule has 1 fully saturated rings. The van der Waals surface area contributed by atoms with Crippen molar-refractivity contribution in [3.05, 3.63) is 22.7 Å². The van der Waals surface area contributed by atoms with Crippen LogP contribution < -0.4 is 11.4 Å². The molecule has 1 saturated heterocycles. The van der Waals surface area contributed by atoms with Gasteiger partial charge in [0, 0.05) is 12.6 Å². The Bertz CT molecular complexity index is 473. The van der Waals surface area contributed by atoms with Crippen LogP contribution in [0.25, 0.3) is 0 Å². The van der Waals surface area contributed by atoms with E-state index in [1.807, 2.05) is 13.8 Å². The molecule has 3 N–H and O–H groups in total. The first-order valence-electron chi connectivity index (χ1n) is 5.67. The fraction of sp³-hybridized carbons (Fsp3) is 0.636. The highest BCUT2D eigenvalue weighted by Crippen LogP contribution is 2.37. The van der Waals surface area contributed by atoms with E-state index in [9.17, 15) is 9.90 Å². The van der Waals surface area contributed by atoms with Gasteiger partial charge in [0.2, 0.25) is 0 Å². The van der Waals surface area contributed by atoms with Crippen molar-refractivity contribution < 1.29 is 9.84 Å². The van der Waals surface area contributed by atoms with E-state index < -0.39 is 23.6 Å². The quantitative estimate of drug-likeness (QED) is 0.773. The zero-order chi connectivity index (χ0) is 12.6. The second-order valence-corrected chi connectivity index (χ2v) is 4.53. The molecule has 0 amide bonds. The number of hydrogen-bond donors (Lipinski definition) is 2. The van der Waals surface area contributed by atoms with Crippen LogP contribution in [-0.4, -0.2) is 26.4 Å². The molecule has 6 heteroatoms. The first-order valence-corrected chi connectivity index (χ1v) is 5.67. The Morgan fingerprint density at radius 1 is 1.76 bits per heavy atom. The van der Waals surface area contributed by atoms with Gasteiger partial charge in [-0.1, -0.05) is 6.92 Å². The number of nitrogens with zero attached hydrogens (tertiary/aromatic N) is 2. The van der Waals surface area contributed by atoms with Gasteiger partial charge in [-0.3, -0.25) is 4.57 Å². The molecule has 3 atom stereocenters. The van der Waals surface area contributed by atoms with Gasteiger partial charge in [0.25, 0.3) is 0 Å². The molecule has 1 aliphatic heterocycles. The molecule has 2 rings (SSSR count). The van der Waals surface area contributed by atoms with E-state index in [0.717, 1.165) is 0 Å². The Labute approximate surface area is 99.0 Å². The van der Waals surface area contributed by atoms with Gasteiger partial charge in [0.1, 0.15) is 12.0 Å². The van der Waals surface area contributed by atoms with Crippen molar-refractivity contribution in [3.8, 4) is 0 Å². The lowest BCUT2D eigenvalue weighted by atomic mass is 9.96. The zero-order valence-corrected chi connectivity index (χ0v) is 9.96. The maximum Gasteiger partial charge on any atom is 0.351 e. The highest BCUT2D eigenvalue weighted by atomic mass is 16.5. The van der Waals surface area contributed by atoms with Crippen LogP contribution in [-0.2, 0) is 4.74 Å². The fourth-order valence-electron chi connectivity index (χ4n) is 2.01. The van der Waals surface area contributed by atoms with Crippen molar-refractivity contribution in [2.24, 2.45) is 0 Å². The normalized spacial score (nSPS) is 32.9. The molecular weight excluding hydrogens is 222 g/mol. The third kappa shape index (κ3) is 2.05. The number of anilines is 1. The van der Waals surface area contributed by atoms with Gasteiger partial charge in [-0.15, -0.1) is 0 Å². The van der Waals surface area contributed by atoms with Crippen molar-refractivity contribution in [2.75, 3.05) is 5.73 Å². The summed E-state index contributed by atoms with van der Waals surface area (Å²) in [6, 6.07) is 1.54. The Morgan fingerprint density at radius 3 is 3.00 bits per heavy atom. The van der Waals surface area contributed by atoms with Crippen molar-refractivity contribution in [1.29, 1.82) is 0 Å². The van der Waals surface area contributed by atoms with Crippen LogP contribution in [0.1, 0.15) is 32.9 Å². The molecule has 1 aromatic rings. The van der Waals surface area contributed by atoms with Crippen LogP contribution >= 0.6 is 0 Å². The summed E-state index contributed by atoms with van der Waals surface area (Å²) in [5.41, 5.74) is 4.36. The minimum absolute atomic E-state index is 0.183. The molecule has 0 aromatic carbocycles. The van der Waals surface area contributed by atoms with Gasteiger partial charge in [-0.05, 0) is 19.4 Å². The molecule has 94 valence electrons. The second-order valence-electron chi connectivity index (χ2n) is 4.53. The number of rotatable bonds is 2. The van der Waals surface area contributed by atoms with E-state index in [4.69, 9.17) is 10.5 Å². The van der Waals surface area contributed by atoms with Crippen LogP contribution in [0.3, 0.4) is 0 Å². The SMILES string of the molecule is CC[C@]1(C)O[C@@H](n2ccc(N)nc2=O)C[C@@H]1O. The number of hydrogen-bond acceptors (Lipinski definition) is 5. The summed E-state index contributed by atoms with van der Waals surface area (Å²) in [5, 5.41) is 9.94. The van der Waals surface area contributed by atoms with E-state index in [1.165, 1.54) is 4.57 Å². The zero-order valence-electron chi connectivity index (χ0n) is 9.96. The first kappa shape index (κ1) is 12.1. The standard InChI is InChI=1S/C11H17N3O3/c1-3-11(2)7(15)6-9(17-11)14-5-4-8(12)13-10(14)16/h4-5,7,9,15H,3,6H2,1-2H3,(H2,12,13,16)/t7-,9+,11-/m0/s1. The van der Waals surface area contributed by atoms with Gasteiger partial charge >= 0.3 is 5.69 Å². The Balaban J connectivity index is 2.29. The number of nitrogens with two attached hydrogens (primary N) is 1. The topological polar surface area (TPSA) is 90.4 Å². The van der Waals surface area contributed by atoms with Gasteiger partial charge < -0.3 is 15.6 Å². The molecule has 0 aliphatic carbocycles. The molecule has 1 aliphatic rings. The lowest BCUT2D eigenvalue weighted by Gasteiger charge is -2.26. The Hall–Kier alpha value is -1.40. The average Bonchev–Trinajstić information content (AvgIpc) is 2.56. The predicted molar refractivity (Wildman–Crippen MR) is 62.4 cm³/mol. The summed E-state index contributed by atoms with van der Waals surface area (Å²) in [7, 11) is 0. The number of aliphatic hydroxyl groups excluding tert-OH is 1. The van der Waals surface area contributed by atoms with Crippen molar-refractivity contribution in [1.82, 2.24) is 9.55 Å². The molecule has 2 heterocycles. The van der Waals surface area contributed by atoms with Crippen LogP contribution in [0, 0.1) is 0 Å². The van der Waals surface area contributed by atoms with Crippen molar-refractivity contribution >= 4 is 5.82 Å². The number of aromatic nitrogens is 2. The largest absolute Gasteiger partial charge is 0.390 e. The smallest absolute Gasteiger partial charge is 0.351 e. The van der Waals surface area contributed by atoms with Crippen molar-refractivity contribution in [3.63, 3.8) is 0 Å². The molecule has 1 aromatic heterocycles. The summed E-state index contributed by atoms with van der Waals surface area (Å²) in [5.74, 6) is 0.183. The van der Waals surface area contributed by atoms with Crippen LogP contribution in [0.4, 0.5) is 5.82 Å². The average molecular weight is 239 g/mol. The third-order valence-corrected chi connectivity index (χ3v) is 3.40. The molecular formula is C11H17N3O3. The summed E-state index contributed by atoms with van der Waals surface area (Å²) in [6.45, 7) is 3.78. The molecule has 0 radical (unpaired) electrons. The highest BCUT2D eigenvalue weighted by molar-refractivity contribution is 5.23. The predicted octanol–water partition coefficient (Wildman–Crippen LogP) is 0.274. The summed E-state index contributed by atoms with van der Waals surface area (Å²) in [4.78, 5) is 15.3. The Kier molecular flexibility index (Phi) is 2.92. The molecule has 0 unspecified atom stereocenters. The molecule has 0 spiro atoms. The lowest BCUT2D eigenvalue weighted by molar-refractivity contribution is -0.0933. The van der Waals surface area contributed by atoms with E-state index in [0.29, 0.717) is 12.8 Å². The fourth-order valence-corrected chi connectivity index (χ4v) is 2.01. The second kappa shape index (κ2) is 4.12. The lowest BCUT2D eigenvalue weighted by Crippen LogP contribution is -2.35. The summed E-state index contributed by atoms with van der Waals surface area (Å²) >= 11 is 0. The van der Waals surface area contributed by atoms with Crippen LogP contribution in [0.15, 0.2) is 17.1 Å². The van der Waals surface area contributed by atoms with E-state index in [-0.39, 0.29) is 5.82 Å². The first-order chi connectivity index (χ1) is 7.96. The molecule has 17 heavy (non-hydrogen) atoms. The van der Waals surface area contributed by atoms with Crippen LogP contribution in [0.2, 0.25) is 0 Å². The van der Waals surface area contributed by atoms with Gasteiger partial charge in [-0.25, -0.2) is 4.79 Å². The molecule has 0 bridgehead atoms. The molecule has 0 saturated carbocycles. The monoisotopic (exact) mass is 239 g/mol. The highest BCUT2D eigenvalue weighted by Gasteiger charge is 2.43. The van der Waals surface area contributed by atoms with E-state index >= 15 is 0 Å². The minimum Gasteiger partial charge on any atom is -0.390 e. The maximum absolute atomic E-state index is 11.6. The third-order valence-electron chi connectivity index (χ3n) is 3.40. The summed E-state index contributed by atoms with van der Waals surface area (Å²) < 4.78 is 7.11. The van der Waals surface area contributed by atoms with E-state index in [2.05, 4.69) is 4.98 Å². The van der Waals surface area contributed by atoms with Crippen molar-refractivity contribution in [2.45, 2.75) is 44.6 Å². The minimum atomic E-state index is -0.606. The number of aliphatic hydroxyl groups is 1. The summed E-state index contributed by atoms with van der Waals surface area (Å²) in [6.07, 6.45) is 1.55. The van der Waals surface area contributed by atoms with Gasteiger partial charge in [-0.2, -0.15) is 4.98 Å². The van der Waals surface area contributed by atoms with E-state index in [1.54, 1.807) is 12.3 Å². The number of nitrogen functional groups attached to an aromatic ring is 1. The van der Waals surface area contributed by atoms with Gasteiger partial charge in [0.15, 0.2) is 0 Å². The van der Waals surface area contributed by atoms with Gasteiger partial charge in [0.05, 0.1) is 11.7 Å². The number of ether oxygens (including phenoxy) is 1. The van der Waals surface area contributed by atoms with Crippen LogP contribution in [0.5, 0.6) is 0 Å². The Morgan fingerprint density at radius 2 is 2.47 bits per heavy atom. The maximum atomic E-state index is 11.6.